The molecule has 3 fully saturated rings. The Morgan fingerprint density at radius 1 is 1.00 bits per heavy atom. The number of β-amino-alcohol motifs (C(OH)–C–C–N with tert-alkyl or cyclic N) is 1. The lowest BCUT2D eigenvalue weighted by molar-refractivity contribution is -0.142. The van der Waals surface area contributed by atoms with Crippen LogP contribution in [0.5, 0.6) is 0 Å². The molecule has 4 atom stereocenters. The lowest BCUT2D eigenvalue weighted by Crippen LogP contribution is -2.56. The van der Waals surface area contributed by atoms with E-state index in [1.165, 1.54) is 11.1 Å². The summed E-state index contributed by atoms with van der Waals surface area (Å²) in [4.78, 5) is 61.6. The molecule has 3 amide bonds. The summed E-state index contributed by atoms with van der Waals surface area (Å²) >= 11 is 1.58. The Kier molecular flexibility index (Phi) is 14.2. The third-order valence-corrected chi connectivity index (χ3v) is 14.1. The van der Waals surface area contributed by atoms with Crippen LogP contribution < -0.4 is 20.9 Å². The highest BCUT2D eigenvalue weighted by atomic mass is 32.1. The van der Waals surface area contributed by atoms with Crippen LogP contribution in [0.4, 0.5) is 26.2 Å². The van der Waals surface area contributed by atoms with Gasteiger partial charge in [0.2, 0.25) is 11.8 Å². The number of alkyl halides is 2. The number of benzene rings is 2. The van der Waals surface area contributed by atoms with E-state index >= 15 is 0 Å². The topological polar surface area (TPSA) is 180 Å². The molecule has 2 aromatic carbocycles. The van der Waals surface area contributed by atoms with Crippen molar-refractivity contribution >= 4 is 46.5 Å². The number of anilines is 3. The normalized spacial score (nSPS) is 19.4. The van der Waals surface area contributed by atoms with Gasteiger partial charge in [-0.1, -0.05) is 57.2 Å². The molecule has 0 radical (unpaired) electrons. The molecule has 4 N–H and O–H groups in total. The van der Waals surface area contributed by atoms with Gasteiger partial charge in [0.05, 0.1) is 52.4 Å². The van der Waals surface area contributed by atoms with Gasteiger partial charge in [-0.3, -0.25) is 14.4 Å². The van der Waals surface area contributed by atoms with Crippen LogP contribution in [-0.4, -0.2) is 104 Å². The molecule has 3 aliphatic heterocycles. The van der Waals surface area contributed by atoms with Crippen LogP contribution in [0.15, 0.2) is 84.5 Å². The zero-order valence-electron chi connectivity index (χ0n) is 39.0. The van der Waals surface area contributed by atoms with E-state index in [9.17, 15) is 33.5 Å². The summed E-state index contributed by atoms with van der Waals surface area (Å²) in [5, 5.41) is 29.8. The zero-order valence-corrected chi connectivity index (χ0v) is 39.8. The number of pyridine rings is 2. The Bertz CT molecular complexity index is 2680. The standard InChI is InChI=1S/C51H58F2N10O4S/c1-31(35-9-11-37(12-10-35)45-32(2)57-30-68-45)58-47(65)41-25-40(64)28-63(41)49(67)46(50(3,4)5)56-27-34-7-6-8-38(21-34)48(66)61-18-14-36(15-19-61)39-23-43(59-42-22-33(26-54)13-17-55-42)60-44(24-39)62-20-16-51(52,53)29-62/h6-13,17,21-24,30-31,36,40-41,46,56,64H,14-16,18-20,25,27-29H2,1-5H3,(H,58,65)(H,55,59,60)/t31-,40+,41-,46+/m0/s1. The lowest BCUT2D eigenvalue weighted by Gasteiger charge is -2.36. The number of hydrogen-bond acceptors (Lipinski definition) is 12. The van der Waals surface area contributed by atoms with Gasteiger partial charge in [-0.15, -0.1) is 11.3 Å². The van der Waals surface area contributed by atoms with Crippen molar-refractivity contribution in [2.24, 2.45) is 5.41 Å². The number of thiazole rings is 1. The number of aliphatic hydroxyl groups excluding tert-OH is 1. The molecular formula is C51H58F2N10O4S. The minimum absolute atomic E-state index is 0.0349. The first-order chi connectivity index (χ1) is 32.4. The highest BCUT2D eigenvalue weighted by Gasteiger charge is 2.44. The van der Waals surface area contributed by atoms with Gasteiger partial charge < -0.3 is 35.8 Å². The quantitative estimate of drug-likeness (QED) is 0.0908. The molecule has 0 bridgehead atoms. The SMILES string of the molecule is Cc1ncsc1-c1ccc([C@H](C)NC(=O)[C@@H]2C[C@@H](O)CN2C(=O)[C@@H](NCc2cccc(C(=O)N3CCC(c4cc(Nc5cc(C#N)ccn5)nc(N5CCC(F)(F)C5)c4)CC3)c2)C(C)(C)C)cc1. The predicted octanol–water partition coefficient (Wildman–Crippen LogP) is 7.73. The number of carbonyl (C=O) groups is 3. The third-order valence-electron chi connectivity index (χ3n) is 13.2. The fourth-order valence-electron chi connectivity index (χ4n) is 9.39. The Labute approximate surface area is 399 Å². The molecule has 5 aromatic rings. The number of nitriles is 1. The third kappa shape index (κ3) is 11.2. The molecule has 356 valence electrons. The first-order valence-corrected chi connectivity index (χ1v) is 24.0. The van der Waals surface area contributed by atoms with Gasteiger partial charge in [0.25, 0.3) is 11.8 Å². The fraction of sp³-hybridized carbons (Fsp3) is 0.431. The molecule has 14 nitrogen and oxygen atoms in total. The summed E-state index contributed by atoms with van der Waals surface area (Å²) in [5.74, 6) is -2.22. The molecule has 3 aliphatic rings. The number of piperidine rings is 1. The van der Waals surface area contributed by atoms with Crippen molar-refractivity contribution in [3.8, 4) is 16.5 Å². The summed E-state index contributed by atoms with van der Waals surface area (Å²) in [7, 11) is 0. The van der Waals surface area contributed by atoms with E-state index < -0.39 is 36.1 Å². The van der Waals surface area contributed by atoms with Crippen molar-refractivity contribution in [2.75, 3.05) is 42.9 Å². The van der Waals surface area contributed by atoms with Gasteiger partial charge in [0.1, 0.15) is 23.5 Å². The zero-order chi connectivity index (χ0) is 48.3. The molecule has 8 rings (SSSR count). The van der Waals surface area contributed by atoms with Gasteiger partial charge in [0, 0.05) is 57.3 Å². The van der Waals surface area contributed by atoms with Gasteiger partial charge in [-0.05, 0) is 96.7 Å². The maximum absolute atomic E-state index is 14.4. The highest BCUT2D eigenvalue weighted by molar-refractivity contribution is 7.13. The number of aryl methyl sites for hydroxylation is 1. The van der Waals surface area contributed by atoms with E-state index in [1.807, 2.05) is 99.6 Å². The van der Waals surface area contributed by atoms with Gasteiger partial charge in [0.15, 0.2) is 0 Å². The molecule has 0 aliphatic carbocycles. The maximum atomic E-state index is 14.4. The first-order valence-electron chi connectivity index (χ1n) is 23.1. The number of carbonyl (C=O) groups excluding carboxylic acids is 3. The summed E-state index contributed by atoms with van der Waals surface area (Å²) < 4.78 is 28.7. The van der Waals surface area contributed by atoms with E-state index in [0.29, 0.717) is 54.5 Å². The summed E-state index contributed by atoms with van der Waals surface area (Å²) in [5.41, 5.74) is 6.84. The molecule has 0 unspecified atom stereocenters. The number of nitrogens with one attached hydrogen (secondary N) is 3. The Balaban J connectivity index is 0.894. The van der Waals surface area contributed by atoms with Crippen molar-refractivity contribution < 1.29 is 28.3 Å². The van der Waals surface area contributed by atoms with Crippen molar-refractivity contribution in [1.29, 1.82) is 5.26 Å². The Hall–Kier alpha value is -6.35. The van der Waals surface area contributed by atoms with Crippen LogP contribution in [0.2, 0.25) is 0 Å². The number of hydrogen-bond donors (Lipinski definition) is 4. The second-order valence-corrected chi connectivity index (χ2v) is 20.2. The molecule has 68 heavy (non-hydrogen) atoms. The molecule has 17 heteroatoms. The number of nitrogens with zero attached hydrogens (tertiary/aromatic N) is 7. The number of rotatable bonds is 13. The van der Waals surface area contributed by atoms with Crippen molar-refractivity contribution in [3.05, 3.63) is 118 Å². The van der Waals surface area contributed by atoms with Gasteiger partial charge in [-0.2, -0.15) is 5.26 Å². The fourth-order valence-corrected chi connectivity index (χ4v) is 10.2. The molecule has 0 spiro atoms. The smallest absolute Gasteiger partial charge is 0.266 e. The molecule has 6 heterocycles. The molecule has 3 aromatic heterocycles. The lowest BCUT2D eigenvalue weighted by atomic mass is 9.85. The number of amides is 3. The largest absolute Gasteiger partial charge is 0.391 e. The van der Waals surface area contributed by atoms with Crippen LogP contribution in [0.25, 0.3) is 10.4 Å². The van der Waals surface area contributed by atoms with E-state index in [-0.39, 0.29) is 62.2 Å². The van der Waals surface area contributed by atoms with Crippen molar-refractivity contribution in [1.82, 2.24) is 35.4 Å². The minimum Gasteiger partial charge on any atom is -0.391 e. The van der Waals surface area contributed by atoms with E-state index in [1.54, 1.807) is 34.4 Å². The van der Waals surface area contributed by atoms with Crippen LogP contribution in [0, 0.1) is 23.7 Å². The second-order valence-electron chi connectivity index (χ2n) is 19.3. The van der Waals surface area contributed by atoms with Crippen LogP contribution in [0.3, 0.4) is 0 Å². The Morgan fingerprint density at radius 3 is 2.44 bits per heavy atom. The number of aliphatic hydroxyl groups is 1. The number of aromatic nitrogens is 3. The van der Waals surface area contributed by atoms with Gasteiger partial charge in [-0.25, -0.2) is 23.7 Å². The van der Waals surface area contributed by atoms with E-state index in [0.717, 1.165) is 32.8 Å². The average Bonchev–Trinajstić information content (AvgIpc) is 4.05. The maximum Gasteiger partial charge on any atom is 0.266 e. The first kappa shape index (κ1) is 48.1. The summed E-state index contributed by atoms with van der Waals surface area (Å²) in [6, 6.07) is 22.5. The second kappa shape index (κ2) is 20.1. The summed E-state index contributed by atoms with van der Waals surface area (Å²) in [6.45, 7) is 10.8. The van der Waals surface area contributed by atoms with Crippen molar-refractivity contribution in [3.63, 3.8) is 0 Å². The summed E-state index contributed by atoms with van der Waals surface area (Å²) in [6.07, 6.45) is 1.84. The molecule has 0 saturated carbocycles. The van der Waals surface area contributed by atoms with Crippen molar-refractivity contribution in [2.45, 2.75) is 103 Å². The van der Waals surface area contributed by atoms with Gasteiger partial charge >= 0.3 is 0 Å². The van der Waals surface area contributed by atoms with Crippen LogP contribution in [0.1, 0.15) is 104 Å². The van der Waals surface area contributed by atoms with E-state index in [4.69, 9.17) is 0 Å². The average molecular weight is 945 g/mol. The molecule has 3 saturated heterocycles. The molecular weight excluding hydrogens is 887 g/mol. The predicted molar refractivity (Wildman–Crippen MR) is 258 cm³/mol. The number of likely N-dealkylation sites (tertiary alicyclic amines) is 2. The van der Waals surface area contributed by atoms with Crippen LogP contribution in [-0.2, 0) is 16.1 Å². The highest BCUT2D eigenvalue weighted by Crippen LogP contribution is 2.36. The van der Waals surface area contributed by atoms with Crippen LogP contribution >= 0.6 is 11.3 Å². The monoisotopic (exact) mass is 944 g/mol. The minimum atomic E-state index is -2.81. The Morgan fingerprint density at radius 2 is 1.76 bits per heavy atom. The number of halogens is 2. The van der Waals surface area contributed by atoms with E-state index in [2.05, 4.69) is 37.0 Å².